The molecule has 10 heavy (non-hydrogen) atoms. The molecule has 1 heterocycles. The van der Waals surface area contributed by atoms with Crippen molar-refractivity contribution in [2.45, 2.75) is 12.0 Å². The molecule has 0 spiro atoms. The van der Waals surface area contributed by atoms with Gasteiger partial charge >= 0.3 is 11.9 Å². The summed E-state index contributed by atoms with van der Waals surface area (Å²) in [7, 11) is 0. The van der Waals surface area contributed by atoms with Gasteiger partial charge in [-0.2, -0.15) is 0 Å². The molecule has 0 aliphatic carbocycles. The fourth-order valence-corrected chi connectivity index (χ4v) is 0.633. The largest absolute Gasteiger partial charge is 0.481 e. The number of carboxylic acid groups (broad SMARTS) is 2. The SMILES string of the molecule is O=C(O)CC1(C(=O)O)CO1. The van der Waals surface area contributed by atoms with Crippen LogP contribution < -0.4 is 0 Å². The van der Waals surface area contributed by atoms with Crippen molar-refractivity contribution >= 4 is 11.9 Å². The minimum Gasteiger partial charge on any atom is -0.481 e. The highest BCUT2D eigenvalue weighted by Crippen LogP contribution is 2.30. The van der Waals surface area contributed by atoms with E-state index in [2.05, 4.69) is 4.74 Å². The predicted molar refractivity (Wildman–Crippen MR) is 28.6 cm³/mol. The minimum atomic E-state index is -1.41. The summed E-state index contributed by atoms with van der Waals surface area (Å²) in [6, 6.07) is 0. The molecule has 0 saturated carbocycles. The zero-order valence-corrected chi connectivity index (χ0v) is 5.03. The zero-order chi connectivity index (χ0) is 7.78. The van der Waals surface area contributed by atoms with Crippen molar-refractivity contribution in [1.29, 1.82) is 0 Å². The molecule has 5 nitrogen and oxygen atoms in total. The van der Waals surface area contributed by atoms with Crippen LogP contribution >= 0.6 is 0 Å². The highest BCUT2D eigenvalue weighted by Gasteiger charge is 2.54. The number of carboxylic acids is 2. The summed E-state index contributed by atoms with van der Waals surface area (Å²) in [4.78, 5) is 20.2. The van der Waals surface area contributed by atoms with Crippen LogP contribution in [0, 0.1) is 0 Å². The Balaban J connectivity index is 2.53. The van der Waals surface area contributed by atoms with E-state index in [9.17, 15) is 9.59 Å². The third-order valence-electron chi connectivity index (χ3n) is 1.32. The molecule has 0 aromatic heterocycles. The quantitative estimate of drug-likeness (QED) is 0.515. The van der Waals surface area contributed by atoms with E-state index >= 15 is 0 Å². The Morgan fingerprint density at radius 1 is 1.50 bits per heavy atom. The second-order valence-corrected chi connectivity index (χ2v) is 2.16. The Bertz CT molecular complexity index is 180. The van der Waals surface area contributed by atoms with Crippen molar-refractivity contribution in [3.63, 3.8) is 0 Å². The van der Waals surface area contributed by atoms with E-state index in [1.165, 1.54) is 0 Å². The molecule has 1 unspecified atom stereocenters. The van der Waals surface area contributed by atoms with Gasteiger partial charge in [0.05, 0.1) is 13.0 Å². The van der Waals surface area contributed by atoms with E-state index in [1.807, 2.05) is 0 Å². The summed E-state index contributed by atoms with van der Waals surface area (Å²) in [6.07, 6.45) is -0.456. The summed E-state index contributed by atoms with van der Waals surface area (Å²) in [5, 5.41) is 16.6. The Morgan fingerprint density at radius 3 is 2.10 bits per heavy atom. The third-order valence-corrected chi connectivity index (χ3v) is 1.32. The highest BCUT2D eigenvalue weighted by atomic mass is 16.6. The monoisotopic (exact) mass is 146 g/mol. The molecule has 2 N–H and O–H groups in total. The van der Waals surface area contributed by atoms with Crippen molar-refractivity contribution in [3.05, 3.63) is 0 Å². The van der Waals surface area contributed by atoms with Crippen LogP contribution in [-0.4, -0.2) is 34.4 Å². The fourth-order valence-electron chi connectivity index (χ4n) is 0.633. The first-order valence-corrected chi connectivity index (χ1v) is 2.66. The van der Waals surface area contributed by atoms with Gasteiger partial charge < -0.3 is 14.9 Å². The van der Waals surface area contributed by atoms with E-state index < -0.39 is 24.0 Å². The first-order chi connectivity index (χ1) is 4.57. The van der Waals surface area contributed by atoms with Crippen LogP contribution in [0.5, 0.6) is 0 Å². The van der Waals surface area contributed by atoms with Crippen LogP contribution in [-0.2, 0) is 14.3 Å². The highest BCUT2D eigenvalue weighted by molar-refractivity contribution is 5.86. The van der Waals surface area contributed by atoms with Crippen molar-refractivity contribution in [1.82, 2.24) is 0 Å². The lowest BCUT2D eigenvalue weighted by Gasteiger charge is -1.99. The van der Waals surface area contributed by atoms with Gasteiger partial charge in [-0.05, 0) is 0 Å². The molecule has 0 aromatic rings. The van der Waals surface area contributed by atoms with Gasteiger partial charge in [0.1, 0.15) is 0 Å². The number of ether oxygens (including phenoxy) is 1. The topological polar surface area (TPSA) is 87.1 Å². The summed E-state index contributed by atoms with van der Waals surface area (Å²) < 4.78 is 4.49. The number of aliphatic carboxylic acids is 2. The van der Waals surface area contributed by atoms with Crippen molar-refractivity contribution < 1.29 is 24.5 Å². The van der Waals surface area contributed by atoms with E-state index in [4.69, 9.17) is 10.2 Å². The summed E-state index contributed by atoms with van der Waals surface area (Å²) in [5.41, 5.74) is -1.41. The van der Waals surface area contributed by atoms with Crippen molar-refractivity contribution in [2.24, 2.45) is 0 Å². The number of rotatable bonds is 3. The van der Waals surface area contributed by atoms with Gasteiger partial charge in [-0.3, -0.25) is 4.79 Å². The Morgan fingerprint density at radius 2 is 2.00 bits per heavy atom. The van der Waals surface area contributed by atoms with Gasteiger partial charge in [-0.1, -0.05) is 0 Å². The maximum absolute atomic E-state index is 10.2. The molecule has 1 rings (SSSR count). The van der Waals surface area contributed by atoms with Crippen LogP contribution in [0.1, 0.15) is 6.42 Å². The van der Waals surface area contributed by atoms with Gasteiger partial charge in [0, 0.05) is 0 Å². The van der Waals surface area contributed by atoms with Crippen molar-refractivity contribution in [3.8, 4) is 0 Å². The van der Waals surface area contributed by atoms with E-state index in [0.717, 1.165) is 0 Å². The summed E-state index contributed by atoms with van der Waals surface area (Å²) in [5.74, 6) is -2.35. The molecule has 0 bridgehead atoms. The number of hydrogen-bond donors (Lipinski definition) is 2. The molecule has 0 radical (unpaired) electrons. The van der Waals surface area contributed by atoms with Gasteiger partial charge in [-0.25, -0.2) is 4.79 Å². The Hall–Kier alpha value is -1.10. The fraction of sp³-hybridized carbons (Fsp3) is 0.600. The maximum atomic E-state index is 10.2. The molecular weight excluding hydrogens is 140 g/mol. The molecule has 1 aliphatic heterocycles. The van der Waals surface area contributed by atoms with Crippen LogP contribution in [0.15, 0.2) is 0 Å². The lowest BCUT2D eigenvalue weighted by Crippen LogP contribution is -2.27. The van der Waals surface area contributed by atoms with Gasteiger partial charge in [-0.15, -0.1) is 0 Å². The Labute approximate surface area is 56.2 Å². The predicted octanol–water partition coefficient (Wildman–Crippen LogP) is -0.685. The summed E-state index contributed by atoms with van der Waals surface area (Å²) >= 11 is 0. The smallest absolute Gasteiger partial charge is 0.339 e. The standard InChI is InChI=1S/C5H6O5/c6-3(7)1-5(2-10-5)4(8)9/h1-2H2,(H,6,7)(H,8,9). The first kappa shape index (κ1) is 7.01. The molecule has 56 valence electrons. The second-order valence-electron chi connectivity index (χ2n) is 2.16. The lowest BCUT2D eigenvalue weighted by atomic mass is 10.1. The lowest BCUT2D eigenvalue weighted by molar-refractivity contribution is -0.149. The number of carbonyl (C=O) groups is 2. The third kappa shape index (κ3) is 1.08. The number of epoxide rings is 1. The van der Waals surface area contributed by atoms with Gasteiger partial charge in [0.2, 0.25) is 0 Å². The van der Waals surface area contributed by atoms with Gasteiger partial charge in [0.25, 0.3) is 0 Å². The molecule has 1 aliphatic rings. The summed E-state index contributed by atoms with van der Waals surface area (Å²) in [6.45, 7) is 0.00856. The molecule has 1 atom stereocenters. The maximum Gasteiger partial charge on any atom is 0.339 e. The van der Waals surface area contributed by atoms with Crippen LogP contribution in [0.25, 0.3) is 0 Å². The average Bonchev–Trinajstić information content (AvgIpc) is 2.46. The van der Waals surface area contributed by atoms with Crippen LogP contribution in [0.4, 0.5) is 0 Å². The Kier molecular flexibility index (Phi) is 1.37. The van der Waals surface area contributed by atoms with Crippen LogP contribution in [0.3, 0.4) is 0 Å². The van der Waals surface area contributed by atoms with E-state index in [1.54, 1.807) is 0 Å². The second kappa shape index (κ2) is 1.95. The minimum absolute atomic E-state index is 0.00856. The van der Waals surface area contributed by atoms with Crippen molar-refractivity contribution in [2.75, 3.05) is 6.61 Å². The molecular formula is C5H6O5. The zero-order valence-electron chi connectivity index (χ0n) is 5.03. The molecule has 1 fully saturated rings. The molecule has 0 aromatic carbocycles. The normalized spacial score (nSPS) is 29.6. The first-order valence-electron chi connectivity index (χ1n) is 2.66. The van der Waals surface area contributed by atoms with Gasteiger partial charge in [0.15, 0.2) is 5.60 Å². The molecule has 1 saturated heterocycles. The van der Waals surface area contributed by atoms with Crippen LogP contribution in [0.2, 0.25) is 0 Å². The average molecular weight is 146 g/mol. The molecule has 0 amide bonds. The van der Waals surface area contributed by atoms with E-state index in [0.29, 0.717) is 0 Å². The number of hydrogen-bond acceptors (Lipinski definition) is 3. The van der Waals surface area contributed by atoms with E-state index in [-0.39, 0.29) is 6.61 Å². The molecule has 5 heteroatoms.